The van der Waals surface area contributed by atoms with Gasteiger partial charge in [0.1, 0.15) is 16.9 Å². The molecule has 0 amide bonds. The Hall–Kier alpha value is -3.88. The molecule has 0 aliphatic carbocycles. The summed E-state index contributed by atoms with van der Waals surface area (Å²) in [6.45, 7) is 0. The monoisotopic (exact) mass is 460 g/mol. The Kier molecular flexibility index (Phi) is 5.57. The number of hydrogen-bond acceptors (Lipinski definition) is 6. The Morgan fingerprint density at radius 1 is 0.758 bits per heavy atom. The lowest BCUT2D eigenvalue weighted by Crippen LogP contribution is -2.07. The molecular formula is C24H19F3O6. The van der Waals surface area contributed by atoms with E-state index in [4.69, 9.17) is 23.4 Å². The van der Waals surface area contributed by atoms with Crippen molar-refractivity contribution >= 4 is 21.9 Å². The van der Waals surface area contributed by atoms with Gasteiger partial charge in [-0.05, 0) is 29.8 Å². The molecule has 1 heterocycles. The molecular weight excluding hydrogens is 441 g/mol. The average Bonchev–Trinajstić information content (AvgIpc) is 2.81. The van der Waals surface area contributed by atoms with E-state index >= 15 is 0 Å². The van der Waals surface area contributed by atoms with E-state index in [1.54, 1.807) is 12.1 Å². The Labute approximate surface area is 186 Å². The van der Waals surface area contributed by atoms with Gasteiger partial charge in [-0.15, -0.1) is 0 Å². The van der Waals surface area contributed by atoms with E-state index in [1.807, 2.05) is 0 Å². The predicted octanol–water partition coefficient (Wildman–Crippen LogP) is 5.67. The van der Waals surface area contributed by atoms with Gasteiger partial charge >= 0.3 is 6.18 Å². The number of alkyl halides is 3. The molecule has 0 unspecified atom stereocenters. The van der Waals surface area contributed by atoms with Crippen LogP contribution < -0.4 is 24.4 Å². The van der Waals surface area contributed by atoms with Gasteiger partial charge in [-0.3, -0.25) is 4.79 Å². The van der Waals surface area contributed by atoms with E-state index in [1.165, 1.54) is 46.6 Å². The zero-order valence-electron chi connectivity index (χ0n) is 18.1. The van der Waals surface area contributed by atoms with E-state index in [2.05, 4.69) is 0 Å². The smallest absolute Gasteiger partial charge is 0.416 e. The molecule has 0 N–H and O–H groups in total. The van der Waals surface area contributed by atoms with Crippen molar-refractivity contribution in [2.24, 2.45) is 0 Å². The summed E-state index contributed by atoms with van der Waals surface area (Å²) in [5, 5.41) is 0.343. The molecule has 4 rings (SSSR count). The topological polar surface area (TPSA) is 67.1 Å². The molecule has 0 radical (unpaired) electrons. The molecule has 0 saturated carbocycles. The predicted molar refractivity (Wildman–Crippen MR) is 117 cm³/mol. The summed E-state index contributed by atoms with van der Waals surface area (Å²) in [5.74, 6) is 0.999. The summed E-state index contributed by atoms with van der Waals surface area (Å²) < 4.78 is 67.0. The number of halogens is 3. The Balaban J connectivity index is 2.16. The highest BCUT2D eigenvalue weighted by Gasteiger charge is 2.30. The molecule has 0 saturated heterocycles. The molecule has 0 aliphatic rings. The third kappa shape index (κ3) is 3.59. The molecule has 172 valence electrons. The molecule has 9 heteroatoms. The van der Waals surface area contributed by atoms with Gasteiger partial charge in [-0.25, -0.2) is 0 Å². The first-order chi connectivity index (χ1) is 15.7. The first-order valence-electron chi connectivity index (χ1n) is 9.69. The van der Waals surface area contributed by atoms with Crippen molar-refractivity contribution in [3.63, 3.8) is 0 Å². The molecule has 33 heavy (non-hydrogen) atoms. The highest BCUT2D eigenvalue weighted by molar-refractivity contribution is 6.04. The first-order valence-corrected chi connectivity index (χ1v) is 9.69. The third-order valence-electron chi connectivity index (χ3n) is 5.33. The van der Waals surface area contributed by atoms with Gasteiger partial charge in [0.05, 0.1) is 45.0 Å². The van der Waals surface area contributed by atoms with Gasteiger partial charge in [0.25, 0.3) is 0 Å². The van der Waals surface area contributed by atoms with Crippen molar-refractivity contribution in [1.29, 1.82) is 0 Å². The van der Waals surface area contributed by atoms with E-state index in [-0.39, 0.29) is 39.2 Å². The minimum Gasteiger partial charge on any atom is -0.496 e. The van der Waals surface area contributed by atoms with Crippen molar-refractivity contribution in [3.8, 4) is 34.1 Å². The van der Waals surface area contributed by atoms with Crippen LogP contribution in [0.4, 0.5) is 13.2 Å². The summed E-state index contributed by atoms with van der Waals surface area (Å²) in [5.41, 5.74) is -0.350. The molecule has 4 aromatic rings. The summed E-state index contributed by atoms with van der Waals surface area (Å²) in [6, 6.07) is 9.11. The molecule has 0 aliphatic heterocycles. The van der Waals surface area contributed by atoms with Gasteiger partial charge < -0.3 is 23.4 Å². The zero-order chi connectivity index (χ0) is 23.9. The maximum absolute atomic E-state index is 13.5. The van der Waals surface area contributed by atoms with E-state index in [0.29, 0.717) is 16.9 Å². The van der Waals surface area contributed by atoms with Crippen LogP contribution in [0.1, 0.15) is 5.56 Å². The van der Waals surface area contributed by atoms with Gasteiger partial charge in [-0.1, -0.05) is 12.1 Å². The van der Waals surface area contributed by atoms with Gasteiger partial charge in [0.15, 0.2) is 16.9 Å². The number of ether oxygens (including phenoxy) is 4. The Morgan fingerprint density at radius 3 is 1.94 bits per heavy atom. The standard InChI is InChI=1S/C24H19F3O6/c1-29-15-10-9-14-20(28)19-17(31-3)11-16(30-2)18(23(19)33-21(14)22(15)32-4)12-5-7-13(8-6-12)24(25,26)27/h5-11H,1-4H3. The second-order valence-corrected chi connectivity index (χ2v) is 7.04. The largest absolute Gasteiger partial charge is 0.496 e. The molecule has 0 fully saturated rings. The van der Waals surface area contributed by atoms with E-state index in [9.17, 15) is 18.0 Å². The number of hydrogen-bond donors (Lipinski definition) is 0. The maximum atomic E-state index is 13.5. The number of benzene rings is 3. The molecule has 0 bridgehead atoms. The fraction of sp³-hybridized carbons (Fsp3) is 0.208. The van der Waals surface area contributed by atoms with Gasteiger partial charge in [0.2, 0.25) is 11.2 Å². The molecule has 0 atom stereocenters. The van der Waals surface area contributed by atoms with Crippen LogP contribution in [0.15, 0.2) is 51.7 Å². The molecule has 6 nitrogen and oxygen atoms in total. The zero-order valence-corrected chi connectivity index (χ0v) is 18.1. The Morgan fingerprint density at radius 2 is 1.39 bits per heavy atom. The fourth-order valence-corrected chi connectivity index (χ4v) is 3.77. The Bertz CT molecular complexity index is 1410. The second kappa shape index (κ2) is 8.23. The molecule has 0 spiro atoms. The normalized spacial score (nSPS) is 11.6. The summed E-state index contributed by atoms with van der Waals surface area (Å²) in [6.07, 6.45) is -4.49. The van der Waals surface area contributed by atoms with Crippen LogP contribution in [0.5, 0.6) is 23.0 Å². The van der Waals surface area contributed by atoms with Crippen molar-refractivity contribution in [1.82, 2.24) is 0 Å². The van der Waals surface area contributed by atoms with E-state index in [0.717, 1.165) is 12.1 Å². The van der Waals surface area contributed by atoms with Gasteiger partial charge in [-0.2, -0.15) is 13.2 Å². The quantitative estimate of drug-likeness (QED) is 0.358. The maximum Gasteiger partial charge on any atom is 0.416 e. The highest BCUT2D eigenvalue weighted by Crippen LogP contribution is 2.44. The van der Waals surface area contributed by atoms with Crippen LogP contribution in [-0.2, 0) is 6.18 Å². The van der Waals surface area contributed by atoms with Crippen molar-refractivity contribution < 1.29 is 36.5 Å². The summed E-state index contributed by atoms with van der Waals surface area (Å²) in [7, 11) is 5.65. The fourth-order valence-electron chi connectivity index (χ4n) is 3.77. The van der Waals surface area contributed by atoms with E-state index < -0.39 is 17.2 Å². The summed E-state index contributed by atoms with van der Waals surface area (Å²) in [4.78, 5) is 13.5. The van der Waals surface area contributed by atoms with Crippen LogP contribution in [0.25, 0.3) is 33.1 Å². The highest BCUT2D eigenvalue weighted by atomic mass is 19.4. The summed E-state index contributed by atoms with van der Waals surface area (Å²) >= 11 is 0. The van der Waals surface area contributed by atoms with Crippen LogP contribution in [0.3, 0.4) is 0 Å². The number of fused-ring (bicyclic) bond motifs is 2. The third-order valence-corrected chi connectivity index (χ3v) is 5.33. The minimum absolute atomic E-state index is 0.0787. The SMILES string of the molecule is COc1ccc2c(=O)c3c(OC)cc(OC)c(-c4ccc(C(F)(F)F)cc4)c3oc2c1OC. The lowest BCUT2D eigenvalue weighted by Gasteiger charge is -2.16. The van der Waals surface area contributed by atoms with Crippen LogP contribution in [-0.4, -0.2) is 28.4 Å². The van der Waals surface area contributed by atoms with Crippen LogP contribution in [0.2, 0.25) is 0 Å². The second-order valence-electron chi connectivity index (χ2n) is 7.04. The van der Waals surface area contributed by atoms with Crippen LogP contribution >= 0.6 is 0 Å². The lowest BCUT2D eigenvalue weighted by molar-refractivity contribution is -0.137. The minimum atomic E-state index is -4.49. The molecule has 1 aromatic heterocycles. The van der Waals surface area contributed by atoms with Crippen molar-refractivity contribution in [2.75, 3.05) is 28.4 Å². The molecule has 3 aromatic carbocycles. The van der Waals surface area contributed by atoms with Crippen LogP contribution in [0, 0.1) is 0 Å². The van der Waals surface area contributed by atoms with Gasteiger partial charge in [0, 0.05) is 6.07 Å². The first kappa shape index (κ1) is 22.3. The number of methoxy groups -OCH3 is 4. The van der Waals surface area contributed by atoms with Crippen molar-refractivity contribution in [3.05, 3.63) is 58.3 Å². The number of rotatable bonds is 5. The average molecular weight is 460 g/mol. The van der Waals surface area contributed by atoms with Crippen molar-refractivity contribution in [2.45, 2.75) is 6.18 Å². The lowest BCUT2D eigenvalue weighted by atomic mass is 9.98.